The Labute approximate surface area is 123 Å². The van der Waals surface area contributed by atoms with Crippen molar-refractivity contribution in [1.82, 2.24) is 15.1 Å². The molecule has 0 radical (unpaired) electrons. The van der Waals surface area contributed by atoms with E-state index in [1.807, 2.05) is 6.92 Å². The number of nitrogens with one attached hydrogen (secondary N) is 1. The molecule has 0 saturated carbocycles. The fourth-order valence-corrected chi connectivity index (χ4v) is 1.77. The van der Waals surface area contributed by atoms with Crippen LogP contribution in [-0.2, 0) is 9.59 Å². The van der Waals surface area contributed by atoms with Crippen LogP contribution in [0, 0.1) is 0 Å². The Bertz CT molecular complexity index is 344. The third kappa shape index (κ3) is 9.63. The van der Waals surface area contributed by atoms with E-state index in [9.17, 15) is 14.4 Å². The zero-order valence-corrected chi connectivity index (χ0v) is 12.1. The molecule has 0 heterocycles. The van der Waals surface area contributed by atoms with Gasteiger partial charge in [-0.1, -0.05) is 6.92 Å². The number of nitrogens with zero attached hydrogens (tertiary/aromatic N) is 2. The van der Waals surface area contributed by atoms with Crippen molar-refractivity contribution >= 4 is 18.0 Å². The van der Waals surface area contributed by atoms with Gasteiger partial charge in [0.15, 0.2) is 0 Å². The van der Waals surface area contributed by atoms with Gasteiger partial charge in [0.1, 0.15) is 6.54 Å². The molecule has 0 aromatic carbocycles. The van der Waals surface area contributed by atoms with Crippen LogP contribution in [0.3, 0.4) is 0 Å². The second-order valence-corrected chi connectivity index (χ2v) is 4.44. The molecule has 0 aliphatic rings. The first kappa shape index (κ1) is 19.1. The van der Waals surface area contributed by atoms with Gasteiger partial charge in [-0.25, -0.2) is 4.79 Å². The van der Waals surface area contributed by atoms with Crippen molar-refractivity contribution in [2.75, 3.05) is 45.9 Å². The summed E-state index contributed by atoms with van der Waals surface area (Å²) in [5, 5.41) is 28.3. The van der Waals surface area contributed by atoms with Gasteiger partial charge in [0.25, 0.3) is 0 Å². The number of aliphatic hydroxyl groups excluding tert-OH is 1. The Morgan fingerprint density at radius 1 is 1.05 bits per heavy atom. The van der Waals surface area contributed by atoms with Crippen LogP contribution in [-0.4, -0.2) is 89.0 Å². The van der Waals surface area contributed by atoms with Crippen molar-refractivity contribution in [1.29, 1.82) is 0 Å². The summed E-state index contributed by atoms with van der Waals surface area (Å²) in [6, 6.07) is 0. The minimum Gasteiger partial charge on any atom is -0.480 e. The topological polar surface area (TPSA) is 130 Å². The van der Waals surface area contributed by atoms with E-state index in [0.29, 0.717) is 13.1 Å². The number of carboxylic acid groups (broad SMARTS) is 2. The highest BCUT2D eigenvalue weighted by Crippen LogP contribution is 1.96. The molecule has 0 aliphatic heterocycles. The number of amides is 2. The molecule has 0 fully saturated rings. The monoisotopic (exact) mass is 305 g/mol. The molecule has 2 amide bonds. The fourth-order valence-electron chi connectivity index (χ4n) is 1.77. The molecule has 0 rings (SSSR count). The molecule has 4 N–H and O–H groups in total. The third-order valence-corrected chi connectivity index (χ3v) is 2.65. The molecule has 9 heteroatoms. The van der Waals surface area contributed by atoms with Crippen LogP contribution in [0.1, 0.15) is 13.3 Å². The molecule has 122 valence electrons. The van der Waals surface area contributed by atoms with Crippen molar-refractivity contribution in [2.24, 2.45) is 0 Å². The predicted molar refractivity (Wildman–Crippen MR) is 74.1 cm³/mol. The first-order valence-corrected chi connectivity index (χ1v) is 6.70. The van der Waals surface area contributed by atoms with Crippen LogP contribution in [0.15, 0.2) is 0 Å². The van der Waals surface area contributed by atoms with E-state index in [0.717, 1.165) is 11.3 Å². The van der Waals surface area contributed by atoms with Crippen molar-refractivity contribution in [2.45, 2.75) is 13.3 Å². The summed E-state index contributed by atoms with van der Waals surface area (Å²) >= 11 is 0. The van der Waals surface area contributed by atoms with Crippen LogP contribution in [0.5, 0.6) is 0 Å². The zero-order valence-electron chi connectivity index (χ0n) is 12.1. The number of carboxylic acids is 1. The minimum absolute atomic E-state index is 0.00521. The quantitative estimate of drug-likeness (QED) is 0.380. The molecular weight excluding hydrogens is 282 g/mol. The highest BCUT2D eigenvalue weighted by Gasteiger charge is 2.19. The molecule has 0 unspecified atom stereocenters. The van der Waals surface area contributed by atoms with E-state index in [1.165, 1.54) is 0 Å². The Hall–Kier alpha value is -1.87. The summed E-state index contributed by atoms with van der Waals surface area (Å²) in [5.41, 5.74) is 0. The van der Waals surface area contributed by atoms with Gasteiger partial charge in [-0.3, -0.25) is 14.5 Å². The van der Waals surface area contributed by atoms with E-state index in [4.69, 9.17) is 15.3 Å². The largest absolute Gasteiger partial charge is 0.480 e. The number of carbonyl (C=O) groups is 3. The second kappa shape index (κ2) is 10.9. The van der Waals surface area contributed by atoms with Crippen molar-refractivity contribution in [3.63, 3.8) is 0 Å². The number of carbonyl (C=O) groups excluding carboxylic acids is 1. The van der Waals surface area contributed by atoms with Crippen molar-refractivity contribution < 1.29 is 29.7 Å². The SMILES string of the molecule is CCCN(CCO)CC(=O)N(CCNC(=O)O)CC(=O)O. The van der Waals surface area contributed by atoms with Crippen LogP contribution < -0.4 is 5.32 Å². The van der Waals surface area contributed by atoms with Crippen LogP contribution in [0.25, 0.3) is 0 Å². The zero-order chi connectivity index (χ0) is 16.3. The van der Waals surface area contributed by atoms with Crippen molar-refractivity contribution in [3.05, 3.63) is 0 Å². The number of aliphatic hydroxyl groups is 1. The van der Waals surface area contributed by atoms with Gasteiger partial charge in [0.05, 0.1) is 13.2 Å². The molecular formula is C12H23N3O6. The number of hydrogen-bond acceptors (Lipinski definition) is 5. The normalized spacial score (nSPS) is 10.4. The number of rotatable bonds is 11. The summed E-state index contributed by atoms with van der Waals surface area (Å²) in [6.07, 6.45) is -0.433. The molecule has 0 aliphatic carbocycles. The van der Waals surface area contributed by atoms with Gasteiger partial charge in [-0.15, -0.1) is 0 Å². The van der Waals surface area contributed by atoms with Crippen LogP contribution in [0.4, 0.5) is 4.79 Å². The number of hydrogen-bond donors (Lipinski definition) is 4. The summed E-state index contributed by atoms with van der Waals surface area (Å²) in [5.74, 6) is -1.57. The highest BCUT2D eigenvalue weighted by molar-refractivity contribution is 5.82. The minimum atomic E-state index is -1.23. The van der Waals surface area contributed by atoms with Gasteiger partial charge in [-0.05, 0) is 13.0 Å². The third-order valence-electron chi connectivity index (χ3n) is 2.65. The van der Waals surface area contributed by atoms with E-state index in [2.05, 4.69) is 5.32 Å². The number of aliphatic carboxylic acids is 1. The molecule has 21 heavy (non-hydrogen) atoms. The predicted octanol–water partition coefficient (Wildman–Crippen LogP) is -1.13. The molecule has 0 bridgehead atoms. The fraction of sp³-hybridized carbons (Fsp3) is 0.750. The maximum Gasteiger partial charge on any atom is 0.404 e. The standard InChI is InChI=1S/C12H23N3O6/c1-2-4-14(6-7-16)8-10(17)15(9-11(18)19)5-3-13-12(20)21/h13,16H,2-9H2,1H3,(H,18,19)(H,20,21). The van der Waals surface area contributed by atoms with Gasteiger partial charge < -0.3 is 25.5 Å². The second-order valence-electron chi connectivity index (χ2n) is 4.44. The average Bonchev–Trinajstić information content (AvgIpc) is 2.37. The van der Waals surface area contributed by atoms with Crippen LogP contribution in [0.2, 0.25) is 0 Å². The smallest absolute Gasteiger partial charge is 0.404 e. The molecule has 0 saturated heterocycles. The van der Waals surface area contributed by atoms with E-state index in [-0.39, 0.29) is 26.2 Å². The van der Waals surface area contributed by atoms with Gasteiger partial charge in [0.2, 0.25) is 5.91 Å². The van der Waals surface area contributed by atoms with Crippen molar-refractivity contribution in [3.8, 4) is 0 Å². The maximum atomic E-state index is 12.1. The molecule has 0 spiro atoms. The highest BCUT2D eigenvalue weighted by atomic mass is 16.4. The van der Waals surface area contributed by atoms with E-state index in [1.54, 1.807) is 4.90 Å². The molecule has 0 aromatic heterocycles. The lowest BCUT2D eigenvalue weighted by molar-refractivity contribution is -0.144. The molecule has 9 nitrogen and oxygen atoms in total. The first-order valence-electron chi connectivity index (χ1n) is 6.70. The van der Waals surface area contributed by atoms with E-state index >= 15 is 0 Å². The summed E-state index contributed by atoms with van der Waals surface area (Å²) < 4.78 is 0. The lowest BCUT2D eigenvalue weighted by Gasteiger charge is -2.25. The summed E-state index contributed by atoms with van der Waals surface area (Å²) in [7, 11) is 0. The Morgan fingerprint density at radius 2 is 1.71 bits per heavy atom. The van der Waals surface area contributed by atoms with Gasteiger partial charge in [0, 0.05) is 19.6 Å². The Kier molecular flexibility index (Phi) is 9.90. The summed E-state index contributed by atoms with van der Waals surface area (Å²) in [4.78, 5) is 36.0. The Morgan fingerprint density at radius 3 is 2.19 bits per heavy atom. The van der Waals surface area contributed by atoms with Gasteiger partial charge in [-0.2, -0.15) is 0 Å². The van der Waals surface area contributed by atoms with E-state index < -0.39 is 24.5 Å². The van der Waals surface area contributed by atoms with Gasteiger partial charge >= 0.3 is 12.1 Å². The maximum absolute atomic E-state index is 12.1. The lowest BCUT2D eigenvalue weighted by Crippen LogP contribution is -2.46. The molecule has 0 atom stereocenters. The summed E-state index contributed by atoms with van der Waals surface area (Å²) in [6.45, 7) is 2.23. The molecule has 0 aromatic rings. The average molecular weight is 305 g/mol. The lowest BCUT2D eigenvalue weighted by atomic mass is 10.3. The first-order chi connectivity index (χ1) is 9.90. The van der Waals surface area contributed by atoms with Crippen LogP contribution >= 0.6 is 0 Å². The Balaban J connectivity index is 4.52.